The monoisotopic (exact) mass is 306 g/mol. The fraction of sp³-hybridized carbons (Fsp3) is 0.438. The second kappa shape index (κ2) is 9.55. The molecular weight excluding hydrogens is 284 g/mol. The molecule has 0 aliphatic carbocycles. The SMILES string of the molecule is CCCNC(=O)CCCC(=O)N[C@@H](C(=O)O)c1ccccc1. The molecule has 22 heavy (non-hydrogen) atoms. The lowest BCUT2D eigenvalue weighted by atomic mass is 10.1. The van der Waals surface area contributed by atoms with Crippen molar-refractivity contribution in [2.75, 3.05) is 6.54 Å². The molecule has 0 heterocycles. The third-order valence-electron chi connectivity index (χ3n) is 3.07. The van der Waals surface area contributed by atoms with Crippen molar-refractivity contribution in [2.45, 2.75) is 38.6 Å². The lowest BCUT2D eigenvalue weighted by molar-refractivity contribution is -0.142. The predicted molar refractivity (Wildman–Crippen MR) is 82.1 cm³/mol. The Balaban J connectivity index is 2.42. The van der Waals surface area contributed by atoms with Crippen molar-refractivity contribution in [3.05, 3.63) is 35.9 Å². The van der Waals surface area contributed by atoms with Crippen molar-refractivity contribution < 1.29 is 19.5 Å². The highest BCUT2D eigenvalue weighted by molar-refractivity contribution is 5.85. The van der Waals surface area contributed by atoms with Gasteiger partial charge in [0.05, 0.1) is 0 Å². The highest BCUT2D eigenvalue weighted by Gasteiger charge is 2.21. The lowest BCUT2D eigenvalue weighted by Crippen LogP contribution is -2.33. The van der Waals surface area contributed by atoms with Gasteiger partial charge in [-0.15, -0.1) is 0 Å². The molecular formula is C16H22N2O4. The van der Waals surface area contributed by atoms with Crippen molar-refractivity contribution in [1.29, 1.82) is 0 Å². The minimum atomic E-state index is -1.11. The summed E-state index contributed by atoms with van der Waals surface area (Å²) in [6.07, 6.45) is 1.64. The summed E-state index contributed by atoms with van der Waals surface area (Å²) in [5.74, 6) is -1.58. The molecule has 0 fully saturated rings. The van der Waals surface area contributed by atoms with Gasteiger partial charge in [0, 0.05) is 19.4 Å². The van der Waals surface area contributed by atoms with E-state index in [-0.39, 0.29) is 24.7 Å². The molecule has 0 spiro atoms. The summed E-state index contributed by atoms with van der Waals surface area (Å²) in [5, 5.41) is 14.4. The van der Waals surface area contributed by atoms with Gasteiger partial charge in [0.2, 0.25) is 11.8 Å². The van der Waals surface area contributed by atoms with Crippen molar-refractivity contribution >= 4 is 17.8 Å². The molecule has 0 bridgehead atoms. The molecule has 1 aromatic carbocycles. The molecule has 1 atom stereocenters. The topological polar surface area (TPSA) is 95.5 Å². The van der Waals surface area contributed by atoms with Crippen LogP contribution in [0.15, 0.2) is 30.3 Å². The molecule has 6 nitrogen and oxygen atoms in total. The molecule has 1 aromatic rings. The van der Waals surface area contributed by atoms with Crippen LogP contribution in [-0.2, 0) is 14.4 Å². The number of benzene rings is 1. The van der Waals surface area contributed by atoms with Crippen LogP contribution in [0.1, 0.15) is 44.2 Å². The first-order valence-electron chi connectivity index (χ1n) is 7.38. The standard InChI is InChI=1S/C16H22N2O4/c1-2-11-17-13(19)9-6-10-14(20)18-15(16(21)22)12-7-4-3-5-8-12/h3-5,7-8,15H,2,6,9-11H2,1H3,(H,17,19)(H,18,20)(H,21,22)/t15-/m1/s1. The second-order valence-corrected chi connectivity index (χ2v) is 4.95. The number of carboxylic acids is 1. The molecule has 0 radical (unpaired) electrons. The van der Waals surface area contributed by atoms with Gasteiger partial charge in [-0.2, -0.15) is 0 Å². The predicted octanol–water partition coefficient (Wildman–Crippen LogP) is 1.62. The van der Waals surface area contributed by atoms with E-state index in [9.17, 15) is 19.5 Å². The molecule has 3 N–H and O–H groups in total. The third-order valence-corrected chi connectivity index (χ3v) is 3.07. The van der Waals surface area contributed by atoms with Crippen molar-refractivity contribution in [1.82, 2.24) is 10.6 Å². The summed E-state index contributed by atoms with van der Waals surface area (Å²) in [5.41, 5.74) is 0.518. The van der Waals surface area contributed by atoms with E-state index in [0.29, 0.717) is 18.5 Å². The fourth-order valence-corrected chi connectivity index (χ4v) is 1.93. The summed E-state index contributed by atoms with van der Waals surface area (Å²) in [4.78, 5) is 34.5. The maximum Gasteiger partial charge on any atom is 0.330 e. The fourth-order valence-electron chi connectivity index (χ4n) is 1.93. The van der Waals surface area contributed by atoms with Gasteiger partial charge in [-0.05, 0) is 18.4 Å². The van der Waals surface area contributed by atoms with Crippen LogP contribution in [-0.4, -0.2) is 29.4 Å². The second-order valence-electron chi connectivity index (χ2n) is 4.95. The molecule has 120 valence electrons. The minimum Gasteiger partial charge on any atom is -0.479 e. The highest BCUT2D eigenvalue weighted by atomic mass is 16.4. The molecule has 0 saturated heterocycles. The summed E-state index contributed by atoms with van der Waals surface area (Å²) in [6.45, 7) is 2.59. The molecule has 0 aromatic heterocycles. The van der Waals surface area contributed by atoms with Gasteiger partial charge in [0.1, 0.15) is 0 Å². The van der Waals surface area contributed by atoms with Crippen LogP contribution in [0.3, 0.4) is 0 Å². The van der Waals surface area contributed by atoms with Crippen LogP contribution >= 0.6 is 0 Å². The quantitative estimate of drug-likeness (QED) is 0.646. The van der Waals surface area contributed by atoms with E-state index in [1.54, 1.807) is 30.3 Å². The number of hydrogen-bond acceptors (Lipinski definition) is 3. The van der Waals surface area contributed by atoms with Crippen molar-refractivity contribution in [2.24, 2.45) is 0 Å². The largest absolute Gasteiger partial charge is 0.479 e. The van der Waals surface area contributed by atoms with Gasteiger partial charge in [-0.25, -0.2) is 4.79 Å². The van der Waals surface area contributed by atoms with Gasteiger partial charge >= 0.3 is 5.97 Å². The zero-order valence-electron chi connectivity index (χ0n) is 12.7. The van der Waals surface area contributed by atoms with Gasteiger partial charge in [0.25, 0.3) is 0 Å². The Kier molecular flexibility index (Phi) is 7.67. The molecule has 1 rings (SSSR count). The van der Waals surface area contributed by atoms with E-state index in [0.717, 1.165) is 6.42 Å². The highest BCUT2D eigenvalue weighted by Crippen LogP contribution is 2.13. The number of amides is 2. The van der Waals surface area contributed by atoms with Gasteiger partial charge < -0.3 is 15.7 Å². The Morgan fingerprint density at radius 1 is 1.09 bits per heavy atom. The number of rotatable bonds is 9. The van der Waals surface area contributed by atoms with E-state index in [1.165, 1.54) is 0 Å². The van der Waals surface area contributed by atoms with Gasteiger partial charge in [0.15, 0.2) is 6.04 Å². The molecule has 2 amide bonds. The van der Waals surface area contributed by atoms with Crippen molar-refractivity contribution in [3.8, 4) is 0 Å². The van der Waals surface area contributed by atoms with Crippen LogP contribution in [0, 0.1) is 0 Å². The average molecular weight is 306 g/mol. The number of aliphatic carboxylic acids is 1. The van der Waals surface area contributed by atoms with Crippen molar-refractivity contribution in [3.63, 3.8) is 0 Å². The normalized spacial score (nSPS) is 11.5. The maximum absolute atomic E-state index is 11.8. The van der Waals surface area contributed by atoms with E-state index in [2.05, 4.69) is 10.6 Å². The summed E-state index contributed by atoms with van der Waals surface area (Å²) in [6, 6.07) is 7.45. The van der Waals surface area contributed by atoms with Gasteiger partial charge in [-0.3, -0.25) is 9.59 Å². The van der Waals surface area contributed by atoms with E-state index in [1.807, 2.05) is 6.92 Å². The Hall–Kier alpha value is -2.37. The zero-order chi connectivity index (χ0) is 16.4. The zero-order valence-corrected chi connectivity index (χ0v) is 12.7. The van der Waals surface area contributed by atoms with Crippen LogP contribution in [0.4, 0.5) is 0 Å². The Bertz CT molecular complexity index is 502. The Morgan fingerprint density at radius 2 is 1.73 bits per heavy atom. The number of carbonyl (C=O) groups is 3. The first-order valence-corrected chi connectivity index (χ1v) is 7.38. The van der Waals surface area contributed by atoms with E-state index in [4.69, 9.17) is 0 Å². The summed E-state index contributed by atoms with van der Waals surface area (Å²) >= 11 is 0. The molecule has 6 heteroatoms. The van der Waals surface area contributed by atoms with Crippen LogP contribution in [0.2, 0.25) is 0 Å². The molecule has 0 aliphatic rings. The van der Waals surface area contributed by atoms with E-state index >= 15 is 0 Å². The average Bonchev–Trinajstić information content (AvgIpc) is 2.51. The smallest absolute Gasteiger partial charge is 0.330 e. The van der Waals surface area contributed by atoms with Crippen LogP contribution in [0.25, 0.3) is 0 Å². The van der Waals surface area contributed by atoms with E-state index < -0.39 is 12.0 Å². The number of hydrogen-bond donors (Lipinski definition) is 3. The number of carbonyl (C=O) groups excluding carboxylic acids is 2. The minimum absolute atomic E-state index is 0.0903. The number of carboxylic acid groups (broad SMARTS) is 1. The third kappa shape index (κ3) is 6.39. The first-order chi connectivity index (χ1) is 10.5. The maximum atomic E-state index is 11.8. The van der Waals surface area contributed by atoms with Crippen LogP contribution < -0.4 is 10.6 Å². The molecule has 0 aliphatic heterocycles. The summed E-state index contributed by atoms with van der Waals surface area (Å²) in [7, 11) is 0. The first kappa shape index (κ1) is 17.7. The van der Waals surface area contributed by atoms with Crippen LogP contribution in [0.5, 0.6) is 0 Å². The molecule has 0 saturated carbocycles. The van der Waals surface area contributed by atoms with Gasteiger partial charge in [-0.1, -0.05) is 37.3 Å². The summed E-state index contributed by atoms with van der Waals surface area (Å²) < 4.78 is 0. The lowest BCUT2D eigenvalue weighted by Gasteiger charge is -2.14. The Labute approximate surface area is 129 Å². The Morgan fingerprint density at radius 3 is 2.32 bits per heavy atom. The molecule has 0 unspecified atom stereocenters. The number of nitrogens with one attached hydrogen (secondary N) is 2.